The molecule has 23 heavy (non-hydrogen) atoms. The van der Waals surface area contributed by atoms with Crippen molar-refractivity contribution < 1.29 is 18.3 Å². The Labute approximate surface area is 133 Å². The molecule has 120 valence electrons. The van der Waals surface area contributed by atoms with E-state index in [1.54, 1.807) is 0 Å². The Morgan fingerprint density at radius 1 is 1.22 bits per heavy atom. The van der Waals surface area contributed by atoms with E-state index in [9.17, 15) is 8.78 Å². The Morgan fingerprint density at radius 3 is 2.61 bits per heavy atom. The minimum Gasteiger partial charge on any atom is -0.494 e. The fourth-order valence-electron chi connectivity index (χ4n) is 2.58. The van der Waals surface area contributed by atoms with Gasteiger partial charge in [-0.05, 0) is 43.2 Å². The van der Waals surface area contributed by atoms with Gasteiger partial charge in [0, 0.05) is 0 Å². The molecule has 2 aromatic carbocycles. The Hall–Kier alpha value is -2.43. The topological polar surface area (TPSA) is 30.8 Å². The zero-order valence-electron chi connectivity index (χ0n) is 13.0. The van der Waals surface area contributed by atoms with Crippen LogP contribution in [0.2, 0.25) is 0 Å². The number of aliphatic imine (C=N–C) groups is 1. The zero-order valence-corrected chi connectivity index (χ0v) is 13.0. The van der Waals surface area contributed by atoms with E-state index in [0.717, 1.165) is 16.9 Å². The third-order valence-corrected chi connectivity index (χ3v) is 3.71. The molecule has 1 unspecified atom stereocenters. The summed E-state index contributed by atoms with van der Waals surface area (Å²) < 4.78 is 38.6. The first-order chi connectivity index (χ1) is 11.1. The highest BCUT2D eigenvalue weighted by Gasteiger charge is 2.26. The molecule has 0 fully saturated rings. The molecule has 0 saturated heterocycles. The van der Waals surface area contributed by atoms with E-state index in [1.165, 1.54) is 18.2 Å². The summed E-state index contributed by atoms with van der Waals surface area (Å²) in [5, 5.41) is 0. The lowest BCUT2D eigenvalue weighted by Crippen LogP contribution is -2.07. The number of nitrogens with zero attached hydrogens (tertiary/aromatic N) is 1. The molecule has 0 bridgehead atoms. The maximum Gasteiger partial charge on any atom is 0.222 e. The number of rotatable bonds is 4. The number of ether oxygens (including phenoxy) is 2. The smallest absolute Gasteiger partial charge is 0.222 e. The van der Waals surface area contributed by atoms with Crippen molar-refractivity contribution in [2.24, 2.45) is 4.99 Å². The van der Waals surface area contributed by atoms with Gasteiger partial charge in [-0.25, -0.2) is 13.8 Å². The second-order valence-corrected chi connectivity index (χ2v) is 5.32. The van der Waals surface area contributed by atoms with Gasteiger partial charge in [-0.1, -0.05) is 18.2 Å². The lowest BCUT2D eigenvalue weighted by molar-refractivity contribution is 0.317. The summed E-state index contributed by atoms with van der Waals surface area (Å²) in [6.45, 7) is 4.74. The number of benzene rings is 2. The van der Waals surface area contributed by atoms with Gasteiger partial charge in [-0.15, -0.1) is 0 Å². The third kappa shape index (κ3) is 3.04. The fraction of sp³-hybridized carbons (Fsp3) is 0.278. The first-order valence-corrected chi connectivity index (χ1v) is 7.48. The first-order valence-electron chi connectivity index (χ1n) is 7.48. The second kappa shape index (κ2) is 6.36. The standard InChI is InChI=1S/C18H17F2NO2/c1-3-22-16-8-7-12(9-11(16)2)15-10-23-18(21-15)17-13(19)5-4-6-14(17)20/h4-9,15H,3,10H2,1-2H3. The predicted molar refractivity (Wildman–Crippen MR) is 83.9 cm³/mol. The van der Waals surface area contributed by atoms with E-state index < -0.39 is 11.6 Å². The summed E-state index contributed by atoms with van der Waals surface area (Å²) in [6.07, 6.45) is 0. The summed E-state index contributed by atoms with van der Waals surface area (Å²) in [6, 6.07) is 9.16. The Morgan fingerprint density at radius 2 is 1.96 bits per heavy atom. The van der Waals surface area contributed by atoms with Crippen LogP contribution < -0.4 is 4.74 Å². The van der Waals surface area contributed by atoms with Crippen molar-refractivity contribution in [1.82, 2.24) is 0 Å². The van der Waals surface area contributed by atoms with E-state index in [2.05, 4.69) is 4.99 Å². The molecule has 0 N–H and O–H groups in total. The molecule has 0 aromatic heterocycles. The number of halogens is 2. The van der Waals surface area contributed by atoms with E-state index >= 15 is 0 Å². The van der Waals surface area contributed by atoms with Gasteiger partial charge >= 0.3 is 0 Å². The molecule has 5 heteroatoms. The Bertz CT molecular complexity index is 738. The average molecular weight is 317 g/mol. The van der Waals surface area contributed by atoms with E-state index in [0.29, 0.717) is 6.61 Å². The van der Waals surface area contributed by atoms with Crippen molar-refractivity contribution in [2.75, 3.05) is 13.2 Å². The lowest BCUT2D eigenvalue weighted by atomic mass is 10.0. The van der Waals surface area contributed by atoms with E-state index in [1.807, 2.05) is 32.0 Å². The van der Waals surface area contributed by atoms with Crippen LogP contribution in [0.3, 0.4) is 0 Å². The van der Waals surface area contributed by atoms with Crippen LogP contribution in [-0.2, 0) is 4.74 Å². The number of hydrogen-bond acceptors (Lipinski definition) is 3. The van der Waals surface area contributed by atoms with Crippen LogP contribution in [0.1, 0.15) is 29.7 Å². The van der Waals surface area contributed by atoms with Crippen molar-refractivity contribution in [3.05, 3.63) is 64.7 Å². The molecule has 0 amide bonds. The van der Waals surface area contributed by atoms with Gasteiger partial charge in [-0.3, -0.25) is 0 Å². The van der Waals surface area contributed by atoms with Crippen molar-refractivity contribution in [2.45, 2.75) is 19.9 Å². The van der Waals surface area contributed by atoms with Crippen LogP contribution in [0, 0.1) is 18.6 Å². The average Bonchev–Trinajstić information content (AvgIpc) is 2.99. The van der Waals surface area contributed by atoms with Gasteiger partial charge in [0.25, 0.3) is 0 Å². The number of hydrogen-bond donors (Lipinski definition) is 0. The number of aryl methyl sites for hydroxylation is 1. The molecule has 0 aliphatic carbocycles. The molecule has 1 atom stereocenters. The molecule has 0 spiro atoms. The van der Waals surface area contributed by atoms with Crippen molar-refractivity contribution >= 4 is 5.90 Å². The van der Waals surface area contributed by atoms with Gasteiger partial charge < -0.3 is 9.47 Å². The first kappa shape index (κ1) is 15.5. The van der Waals surface area contributed by atoms with Crippen LogP contribution >= 0.6 is 0 Å². The summed E-state index contributed by atoms with van der Waals surface area (Å²) in [5.41, 5.74) is 1.71. The van der Waals surface area contributed by atoms with Gasteiger partial charge in [0.2, 0.25) is 5.90 Å². The largest absolute Gasteiger partial charge is 0.494 e. The molecule has 0 radical (unpaired) electrons. The molecular formula is C18H17F2NO2. The normalized spacial score (nSPS) is 16.9. The second-order valence-electron chi connectivity index (χ2n) is 5.32. The fourth-order valence-corrected chi connectivity index (χ4v) is 2.58. The summed E-state index contributed by atoms with van der Waals surface area (Å²) in [4.78, 5) is 4.34. The van der Waals surface area contributed by atoms with Crippen molar-refractivity contribution in [3.63, 3.8) is 0 Å². The Balaban J connectivity index is 1.89. The van der Waals surface area contributed by atoms with Crippen LogP contribution in [0.5, 0.6) is 5.75 Å². The van der Waals surface area contributed by atoms with Crippen LogP contribution in [0.4, 0.5) is 8.78 Å². The lowest BCUT2D eigenvalue weighted by Gasteiger charge is -2.10. The zero-order chi connectivity index (χ0) is 16.4. The highest BCUT2D eigenvalue weighted by atomic mass is 19.1. The van der Waals surface area contributed by atoms with E-state index in [4.69, 9.17) is 9.47 Å². The van der Waals surface area contributed by atoms with Gasteiger partial charge in [0.1, 0.15) is 35.6 Å². The maximum atomic E-state index is 13.8. The molecule has 3 rings (SSSR count). The van der Waals surface area contributed by atoms with Crippen LogP contribution in [0.25, 0.3) is 0 Å². The third-order valence-electron chi connectivity index (χ3n) is 3.71. The van der Waals surface area contributed by atoms with Crippen LogP contribution in [0.15, 0.2) is 41.4 Å². The summed E-state index contributed by atoms with van der Waals surface area (Å²) in [5.74, 6) is -0.517. The SMILES string of the molecule is CCOc1ccc(C2COC(c3c(F)cccc3F)=N2)cc1C. The van der Waals surface area contributed by atoms with Crippen LogP contribution in [-0.4, -0.2) is 19.1 Å². The molecule has 3 nitrogen and oxygen atoms in total. The predicted octanol–water partition coefficient (Wildman–Crippen LogP) is 4.19. The summed E-state index contributed by atoms with van der Waals surface area (Å²) in [7, 11) is 0. The van der Waals surface area contributed by atoms with Gasteiger partial charge in [0.05, 0.1) is 6.61 Å². The minimum atomic E-state index is -0.674. The Kier molecular flexibility index (Phi) is 4.28. The molecule has 1 aliphatic rings. The molecule has 0 saturated carbocycles. The molecule has 1 aliphatic heterocycles. The quantitative estimate of drug-likeness (QED) is 0.846. The van der Waals surface area contributed by atoms with Gasteiger partial charge in [-0.2, -0.15) is 0 Å². The maximum absolute atomic E-state index is 13.8. The van der Waals surface area contributed by atoms with Crippen molar-refractivity contribution in [1.29, 1.82) is 0 Å². The van der Waals surface area contributed by atoms with E-state index in [-0.39, 0.29) is 24.1 Å². The molecule has 1 heterocycles. The minimum absolute atomic E-state index is 0.0112. The highest BCUT2D eigenvalue weighted by molar-refractivity contribution is 5.95. The van der Waals surface area contributed by atoms with Gasteiger partial charge in [0.15, 0.2) is 0 Å². The highest BCUT2D eigenvalue weighted by Crippen LogP contribution is 2.30. The summed E-state index contributed by atoms with van der Waals surface area (Å²) >= 11 is 0. The molecular weight excluding hydrogens is 300 g/mol. The molecule has 2 aromatic rings. The van der Waals surface area contributed by atoms with Crippen molar-refractivity contribution in [3.8, 4) is 5.75 Å². The monoisotopic (exact) mass is 317 g/mol.